The number of carboxylic acid groups (broad SMARTS) is 1. The molecule has 0 atom stereocenters. The quantitative estimate of drug-likeness (QED) is 0.764. The van der Waals surface area contributed by atoms with Crippen LogP contribution in [0.4, 0.5) is 0 Å². The van der Waals surface area contributed by atoms with Gasteiger partial charge in [0.25, 0.3) is 0 Å². The largest absolute Gasteiger partial charge is 0.478 e. The van der Waals surface area contributed by atoms with E-state index in [1.165, 1.54) is 0 Å². The number of hydrogen-bond donors (Lipinski definition) is 1. The summed E-state index contributed by atoms with van der Waals surface area (Å²) in [6.45, 7) is 2.06. The molecule has 0 bridgehead atoms. The summed E-state index contributed by atoms with van der Waals surface area (Å²) < 4.78 is 2.14. The van der Waals surface area contributed by atoms with Crippen LogP contribution in [0, 0.1) is 6.92 Å². The van der Waals surface area contributed by atoms with E-state index in [0.29, 0.717) is 5.56 Å². The van der Waals surface area contributed by atoms with Crippen LogP contribution in [0.15, 0.2) is 48.5 Å². The molecule has 3 nitrogen and oxygen atoms in total. The summed E-state index contributed by atoms with van der Waals surface area (Å²) in [5.74, 6) is -0.898. The minimum atomic E-state index is -0.898. The van der Waals surface area contributed by atoms with E-state index in [-0.39, 0.29) is 0 Å². The van der Waals surface area contributed by atoms with E-state index in [0.717, 1.165) is 27.7 Å². The van der Waals surface area contributed by atoms with Crippen LogP contribution in [0.25, 0.3) is 22.0 Å². The molecule has 0 aliphatic heterocycles. The van der Waals surface area contributed by atoms with Crippen LogP contribution in [0.3, 0.4) is 0 Å². The number of rotatable bonds is 2. The highest BCUT2D eigenvalue weighted by molar-refractivity contribution is 5.99. The molecule has 0 aliphatic carbocycles. The van der Waals surface area contributed by atoms with Gasteiger partial charge in [0, 0.05) is 29.2 Å². The van der Waals surface area contributed by atoms with Gasteiger partial charge in [0.15, 0.2) is 0 Å². The molecule has 0 amide bonds. The SMILES string of the molecule is Cc1c(-c2cccc(C(=O)O)c2)c2ccccc2n1C. The van der Waals surface area contributed by atoms with Gasteiger partial charge in [-0.15, -0.1) is 0 Å². The highest BCUT2D eigenvalue weighted by atomic mass is 16.4. The number of carboxylic acids is 1. The van der Waals surface area contributed by atoms with Crippen molar-refractivity contribution in [2.24, 2.45) is 7.05 Å². The Bertz CT molecular complexity index is 815. The minimum absolute atomic E-state index is 0.315. The van der Waals surface area contributed by atoms with Crippen LogP contribution in [0.1, 0.15) is 16.1 Å². The highest BCUT2D eigenvalue weighted by Gasteiger charge is 2.14. The number of hydrogen-bond acceptors (Lipinski definition) is 1. The van der Waals surface area contributed by atoms with Gasteiger partial charge < -0.3 is 9.67 Å². The molecule has 0 saturated heterocycles. The maximum absolute atomic E-state index is 11.1. The van der Waals surface area contributed by atoms with E-state index in [2.05, 4.69) is 23.6 Å². The van der Waals surface area contributed by atoms with Crippen molar-refractivity contribution < 1.29 is 9.90 Å². The lowest BCUT2D eigenvalue weighted by Crippen LogP contribution is -1.96. The zero-order valence-corrected chi connectivity index (χ0v) is 11.4. The number of aryl methyl sites for hydroxylation is 1. The van der Waals surface area contributed by atoms with Crippen molar-refractivity contribution in [3.63, 3.8) is 0 Å². The van der Waals surface area contributed by atoms with Gasteiger partial charge in [0.2, 0.25) is 0 Å². The Kier molecular flexibility index (Phi) is 2.83. The molecular formula is C17H15NO2. The van der Waals surface area contributed by atoms with Gasteiger partial charge in [0.05, 0.1) is 5.56 Å². The Hall–Kier alpha value is -2.55. The zero-order valence-electron chi connectivity index (χ0n) is 11.4. The van der Waals surface area contributed by atoms with Crippen molar-refractivity contribution in [2.45, 2.75) is 6.92 Å². The summed E-state index contributed by atoms with van der Waals surface area (Å²) in [5.41, 5.74) is 4.65. The topological polar surface area (TPSA) is 42.2 Å². The smallest absolute Gasteiger partial charge is 0.335 e. The number of carbonyl (C=O) groups is 1. The van der Waals surface area contributed by atoms with Crippen LogP contribution in [-0.4, -0.2) is 15.6 Å². The van der Waals surface area contributed by atoms with Crippen molar-refractivity contribution in [3.05, 3.63) is 59.8 Å². The summed E-state index contributed by atoms with van der Waals surface area (Å²) in [6.07, 6.45) is 0. The van der Waals surface area contributed by atoms with E-state index in [1.54, 1.807) is 18.2 Å². The molecule has 1 N–H and O–H groups in total. The molecule has 0 radical (unpaired) electrons. The fraction of sp³-hybridized carbons (Fsp3) is 0.118. The summed E-state index contributed by atoms with van der Waals surface area (Å²) >= 11 is 0. The summed E-state index contributed by atoms with van der Waals surface area (Å²) in [7, 11) is 2.03. The number of aromatic nitrogens is 1. The Balaban J connectivity index is 2.32. The van der Waals surface area contributed by atoms with Gasteiger partial charge in [-0.25, -0.2) is 4.79 Å². The zero-order chi connectivity index (χ0) is 14.3. The van der Waals surface area contributed by atoms with E-state index in [1.807, 2.05) is 25.2 Å². The van der Waals surface area contributed by atoms with Crippen molar-refractivity contribution in [3.8, 4) is 11.1 Å². The van der Waals surface area contributed by atoms with Gasteiger partial charge in [-0.1, -0.05) is 30.3 Å². The number of nitrogens with zero attached hydrogens (tertiary/aromatic N) is 1. The molecule has 3 aromatic rings. The monoisotopic (exact) mass is 265 g/mol. The first kappa shape index (κ1) is 12.5. The number of benzene rings is 2. The standard InChI is InChI=1S/C17H15NO2/c1-11-16(12-6-5-7-13(10-12)17(19)20)14-8-3-4-9-15(14)18(11)2/h3-10H,1-2H3,(H,19,20). The molecule has 1 aromatic heterocycles. The van der Waals surface area contributed by atoms with Crippen LogP contribution in [-0.2, 0) is 7.05 Å². The van der Waals surface area contributed by atoms with Crippen LogP contribution >= 0.6 is 0 Å². The number of fused-ring (bicyclic) bond motifs is 1. The van der Waals surface area contributed by atoms with Crippen molar-refractivity contribution in [2.75, 3.05) is 0 Å². The van der Waals surface area contributed by atoms with Gasteiger partial charge in [-0.3, -0.25) is 0 Å². The van der Waals surface area contributed by atoms with Gasteiger partial charge in [-0.05, 0) is 30.7 Å². The third-order valence-electron chi connectivity index (χ3n) is 3.80. The van der Waals surface area contributed by atoms with E-state index in [4.69, 9.17) is 5.11 Å². The molecular weight excluding hydrogens is 250 g/mol. The van der Waals surface area contributed by atoms with Gasteiger partial charge in [-0.2, -0.15) is 0 Å². The van der Waals surface area contributed by atoms with Crippen molar-refractivity contribution in [1.29, 1.82) is 0 Å². The predicted molar refractivity (Wildman–Crippen MR) is 80.1 cm³/mol. The average Bonchev–Trinajstić information content (AvgIpc) is 2.72. The lowest BCUT2D eigenvalue weighted by Gasteiger charge is -2.04. The molecule has 0 spiro atoms. The van der Waals surface area contributed by atoms with E-state index < -0.39 is 5.97 Å². The van der Waals surface area contributed by atoms with Crippen LogP contribution in [0.2, 0.25) is 0 Å². The minimum Gasteiger partial charge on any atom is -0.478 e. The molecule has 2 aromatic carbocycles. The Morgan fingerprint density at radius 2 is 1.85 bits per heavy atom. The van der Waals surface area contributed by atoms with Crippen LogP contribution in [0.5, 0.6) is 0 Å². The Labute approximate surface area is 117 Å². The first-order chi connectivity index (χ1) is 9.59. The molecule has 0 fully saturated rings. The summed E-state index contributed by atoms with van der Waals surface area (Å²) in [6, 6.07) is 15.3. The second-order valence-corrected chi connectivity index (χ2v) is 4.92. The Morgan fingerprint density at radius 1 is 1.10 bits per heavy atom. The molecule has 100 valence electrons. The third-order valence-corrected chi connectivity index (χ3v) is 3.80. The first-order valence-electron chi connectivity index (χ1n) is 6.47. The summed E-state index contributed by atoms with van der Waals surface area (Å²) in [4.78, 5) is 11.1. The fourth-order valence-corrected chi connectivity index (χ4v) is 2.69. The Morgan fingerprint density at radius 3 is 2.60 bits per heavy atom. The molecule has 3 rings (SSSR count). The average molecular weight is 265 g/mol. The molecule has 0 unspecified atom stereocenters. The molecule has 3 heteroatoms. The fourth-order valence-electron chi connectivity index (χ4n) is 2.69. The lowest BCUT2D eigenvalue weighted by atomic mass is 10.0. The number of aromatic carboxylic acids is 1. The van der Waals surface area contributed by atoms with E-state index in [9.17, 15) is 4.79 Å². The second kappa shape index (κ2) is 4.53. The lowest BCUT2D eigenvalue weighted by molar-refractivity contribution is 0.0697. The third kappa shape index (κ3) is 1.79. The van der Waals surface area contributed by atoms with Crippen LogP contribution < -0.4 is 0 Å². The van der Waals surface area contributed by atoms with Crippen molar-refractivity contribution in [1.82, 2.24) is 4.57 Å². The highest BCUT2D eigenvalue weighted by Crippen LogP contribution is 2.34. The van der Waals surface area contributed by atoms with E-state index >= 15 is 0 Å². The first-order valence-corrected chi connectivity index (χ1v) is 6.47. The molecule has 20 heavy (non-hydrogen) atoms. The van der Waals surface area contributed by atoms with Crippen molar-refractivity contribution >= 4 is 16.9 Å². The normalized spacial score (nSPS) is 10.9. The second-order valence-electron chi connectivity index (χ2n) is 4.92. The maximum Gasteiger partial charge on any atom is 0.335 e. The van der Waals surface area contributed by atoms with Gasteiger partial charge in [0.1, 0.15) is 0 Å². The molecule has 1 heterocycles. The predicted octanol–water partition coefficient (Wildman–Crippen LogP) is 3.85. The molecule has 0 aliphatic rings. The number of para-hydroxylation sites is 1. The molecule has 0 saturated carbocycles. The van der Waals surface area contributed by atoms with Gasteiger partial charge >= 0.3 is 5.97 Å². The summed E-state index contributed by atoms with van der Waals surface area (Å²) in [5, 5.41) is 10.3. The maximum atomic E-state index is 11.1.